The lowest BCUT2D eigenvalue weighted by molar-refractivity contribution is -0.292. The van der Waals surface area contributed by atoms with Gasteiger partial charge in [0.2, 0.25) is 0 Å². The molecule has 3 nitrogen and oxygen atoms in total. The molecule has 0 radical (unpaired) electrons. The van der Waals surface area contributed by atoms with Crippen molar-refractivity contribution < 1.29 is 22.0 Å². The maximum atomic E-state index is 13.5. The number of aryl methyl sites for hydroxylation is 1. The summed E-state index contributed by atoms with van der Waals surface area (Å²) in [7, 11) is 0. The highest BCUT2D eigenvalue weighted by atomic mass is 19.4. The van der Waals surface area contributed by atoms with E-state index in [1.165, 1.54) is 13.8 Å². The van der Waals surface area contributed by atoms with E-state index in [-0.39, 0.29) is 12.1 Å². The van der Waals surface area contributed by atoms with Crippen LogP contribution in [0.25, 0.3) is 0 Å². The first kappa shape index (κ1) is 14.8. The van der Waals surface area contributed by atoms with Gasteiger partial charge in [0.25, 0.3) is 0 Å². The Hall–Kier alpha value is -1.21. The summed E-state index contributed by atoms with van der Waals surface area (Å²) in [6, 6.07) is -0.619. The van der Waals surface area contributed by atoms with Gasteiger partial charge in [-0.1, -0.05) is 18.6 Å². The van der Waals surface area contributed by atoms with Crippen molar-refractivity contribution in [3.8, 4) is 0 Å². The van der Waals surface area contributed by atoms with Gasteiger partial charge < -0.3 is 0 Å². The monoisotopic (exact) mass is 271 g/mol. The van der Waals surface area contributed by atoms with Crippen LogP contribution in [0.5, 0.6) is 0 Å². The minimum atomic E-state index is -5.65. The summed E-state index contributed by atoms with van der Waals surface area (Å²) in [6.07, 6.45) is -5.20. The summed E-state index contributed by atoms with van der Waals surface area (Å²) >= 11 is 0. The van der Waals surface area contributed by atoms with Crippen molar-refractivity contribution in [2.45, 2.75) is 51.8 Å². The Balaban J connectivity index is 3.39. The van der Waals surface area contributed by atoms with E-state index in [9.17, 15) is 22.0 Å². The summed E-state index contributed by atoms with van der Waals surface area (Å²) in [6.45, 7) is 4.62. The van der Waals surface area contributed by atoms with Crippen LogP contribution in [0.4, 0.5) is 22.0 Å². The van der Waals surface area contributed by atoms with Crippen LogP contribution in [-0.4, -0.2) is 21.2 Å². The van der Waals surface area contributed by atoms with Gasteiger partial charge >= 0.3 is 12.1 Å². The number of rotatable bonds is 4. The van der Waals surface area contributed by atoms with Gasteiger partial charge in [-0.05, 0) is 20.3 Å². The molecule has 1 aromatic heterocycles. The molecule has 0 aliphatic rings. The van der Waals surface area contributed by atoms with Crippen LogP contribution in [0, 0.1) is 0 Å². The minimum absolute atomic E-state index is 0.0354. The van der Waals surface area contributed by atoms with E-state index >= 15 is 0 Å². The molecule has 0 aromatic carbocycles. The van der Waals surface area contributed by atoms with Crippen LogP contribution >= 0.6 is 0 Å². The number of alkyl halides is 5. The second-order valence-electron chi connectivity index (χ2n) is 4.25. The molecule has 0 aliphatic carbocycles. The molecule has 1 aromatic rings. The third kappa shape index (κ3) is 2.46. The zero-order chi connectivity index (χ0) is 14.1. The highest BCUT2D eigenvalue weighted by Gasteiger charge is 2.62. The van der Waals surface area contributed by atoms with Crippen molar-refractivity contribution in [3.63, 3.8) is 0 Å². The van der Waals surface area contributed by atoms with Crippen LogP contribution in [0.15, 0.2) is 0 Å². The predicted octanol–water partition coefficient (Wildman–Crippen LogP) is 3.47. The molecule has 104 valence electrons. The second-order valence-corrected chi connectivity index (χ2v) is 4.25. The van der Waals surface area contributed by atoms with Gasteiger partial charge in [-0.25, -0.2) is 4.68 Å². The SMILES string of the molecule is CCCc1nnn(C(C)C)c1C(F)(F)C(F)(F)F. The van der Waals surface area contributed by atoms with Crippen molar-refractivity contribution in [1.29, 1.82) is 0 Å². The molecule has 1 rings (SSSR count). The first-order chi connectivity index (χ1) is 8.13. The topological polar surface area (TPSA) is 30.7 Å². The average molecular weight is 271 g/mol. The smallest absolute Gasteiger partial charge is 0.240 e. The van der Waals surface area contributed by atoms with Crippen LogP contribution in [0.2, 0.25) is 0 Å². The Labute approximate surface area is 101 Å². The maximum absolute atomic E-state index is 13.5. The summed E-state index contributed by atoms with van der Waals surface area (Å²) in [5.41, 5.74) is -1.44. The van der Waals surface area contributed by atoms with Crippen LogP contribution in [0.1, 0.15) is 44.6 Å². The van der Waals surface area contributed by atoms with Gasteiger partial charge in [-0.3, -0.25) is 0 Å². The molecule has 0 bridgehead atoms. The molecule has 0 N–H and O–H groups in total. The van der Waals surface area contributed by atoms with E-state index in [0.29, 0.717) is 11.1 Å². The standard InChI is InChI=1S/C10H14F5N3/c1-4-5-7-8(9(11,12)10(13,14)15)18(6(2)3)17-16-7/h6H,4-5H2,1-3H3. The van der Waals surface area contributed by atoms with Gasteiger partial charge in [0.1, 0.15) is 5.69 Å². The average Bonchev–Trinajstić information content (AvgIpc) is 2.60. The van der Waals surface area contributed by atoms with Crippen molar-refractivity contribution in [2.24, 2.45) is 0 Å². The molecule has 0 saturated carbocycles. The van der Waals surface area contributed by atoms with Crippen molar-refractivity contribution in [2.75, 3.05) is 0 Å². The normalized spacial score (nSPS) is 13.4. The molecule has 0 unspecified atom stereocenters. The van der Waals surface area contributed by atoms with E-state index < -0.39 is 23.8 Å². The summed E-state index contributed by atoms with van der Waals surface area (Å²) < 4.78 is 64.9. The first-order valence-corrected chi connectivity index (χ1v) is 5.52. The summed E-state index contributed by atoms with van der Waals surface area (Å²) in [5, 5.41) is 6.84. The zero-order valence-electron chi connectivity index (χ0n) is 10.2. The number of hydrogen-bond acceptors (Lipinski definition) is 2. The molecule has 0 amide bonds. The molecule has 0 atom stereocenters. The Bertz CT molecular complexity index is 408. The quantitative estimate of drug-likeness (QED) is 0.785. The fraction of sp³-hybridized carbons (Fsp3) is 0.800. The van der Waals surface area contributed by atoms with Crippen LogP contribution in [-0.2, 0) is 12.3 Å². The van der Waals surface area contributed by atoms with E-state index in [0.717, 1.165) is 0 Å². The van der Waals surface area contributed by atoms with Gasteiger partial charge in [-0.2, -0.15) is 22.0 Å². The van der Waals surface area contributed by atoms with Gasteiger partial charge in [0.15, 0.2) is 0 Å². The fourth-order valence-corrected chi connectivity index (χ4v) is 1.55. The highest BCUT2D eigenvalue weighted by molar-refractivity contribution is 5.19. The van der Waals surface area contributed by atoms with E-state index in [1.54, 1.807) is 6.92 Å². The van der Waals surface area contributed by atoms with Crippen molar-refractivity contribution >= 4 is 0 Å². The zero-order valence-corrected chi connectivity index (χ0v) is 10.2. The molecule has 8 heteroatoms. The summed E-state index contributed by atoms with van der Waals surface area (Å²) in [5.74, 6) is -4.94. The number of halogens is 5. The molecule has 0 fully saturated rings. The van der Waals surface area contributed by atoms with Crippen LogP contribution < -0.4 is 0 Å². The number of hydrogen-bond donors (Lipinski definition) is 0. The number of nitrogens with zero attached hydrogens (tertiary/aromatic N) is 3. The molecule has 0 spiro atoms. The van der Waals surface area contributed by atoms with Crippen LogP contribution in [0.3, 0.4) is 0 Å². The van der Waals surface area contributed by atoms with E-state index in [1.807, 2.05) is 0 Å². The largest absolute Gasteiger partial charge is 0.459 e. The lowest BCUT2D eigenvalue weighted by Crippen LogP contribution is -2.37. The Morgan fingerprint density at radius 3 is 2.11 bits per heavy atom. The fourth-order valence-electron chi connectivity index (χ4n) is 1.55. The number of aromatic nitrogens is 3. The van der Waals surface area contributed by atoms with E-state index in [4.69, 9.17) is 0 Å². The van der Waals surface area contributed by atoms with Crippen molar-refractivity contribution in [1.82, 2.24) is 15.0 Å². The predicted molar refractivity (Wildman–Crippen MR) is 54.4 cm³/mol. The summed E-state index contributed by atoms with van der Waals surface area (Å²) in [4.78, 5) is 0. The minimum Gasteiger partial charge on any atom is -0.240 e. The Morgan fingerprint density at radius 1 is 1.17 bits per heavy atom. The van der Waals surface area contributed by atoms with Gasteiger partial charge in [-0.15, -0.1) is 5.10 Å². The van der Waals surface area contributed by atoms with Gasteiger partial charge in [0, 0.05) is 6.04 Å². The molecular weight excluding hydrogens is 257 g/mol. The molecule has 0 aliphatic heterocycles. The molecule has 18 heavy (non-hydrogen) atoms. The van der Waals surface area contributed by atoms with Crippen molar-refractivity contribution in [3.05, 3.63) is 11.4 Å². The Kier molecular flexibility index (Phi) is 3.97. The first-order valence-electron chi connectivity index (χ1n) is 5.52. The third-order valence-corrected chi connectivity index (χ3v) is 2.39. The molecule has 0 saturated heterocycles. The third-order valence-electron chi connectivity index (χ3n) is 2.39. The highest BCUT2D eigenvalue weighted by Crippen LogP contribution is 2.45. The maximum Gasteiger partial charge on any atom is 0.459 e. The lowest BCUT2D eigenvalue weighted by atomic mass is 10.1. The lowest BCUT2D eigenvalue weighted by Gasteiger charge is -2.22. The van der Waals surface area contributed by atoms with Gasteiger partial charge in [0.05, 0.1) is 5.69 Å². The molecular formula is C10H14F5N3. The second kappa shape index (κ2) is 4.81. The Morgan fingerprint density at radius 2 is 1.72 bits per heavy atom. The van der Waals surface area contributed by atoms with E-state index in [2.05, 4.69) is 10.3 Å². The molecule has 1 heterocycles.